The summed E-state index contributed by atoms with van der Waals surface area (Å²) in [6.45, 7) is 6.52. The van der Waals surface area contributed by atoms with E-state index in [0.29, 0.717) is 29.4 Å². The van der Waals surface area contributed by atoms with Gasteiger partial charge in [0.15, 0.2) is 0 Å². The van der Waals surface area contributed by atoms with Gasteiger partial charge in [-0.3, -0.25) is 20.4 Å². The van der Waals surface area contributed by atoms with Crippen molar-refractivity contribution in [2.75, 3.05) is 6.61 Å². The van der Waals surface area contributed by atoms with Crippen LogP contribution in [0, 0.1) is 12.8 Å². The molecule has 2 aromatic rings. The fourth-order valence-corrected chi connectivity index (χ4v) is 2.07. The van der Waals surface area contributed by atoms with E-state index in [-0.39, 0.29) is 5.91 Å². The molecule has 0 aromatic heterocycles. The first-order valence-corrected chi connectivity index (χ1v) is 7.86. The summed E-state index contributed by atoms with van der Waals surface area (Å²) in [5.41, 5.74) is 6.63. The minimum atomic E-state index is -0.396. The van der Waals surface area contributed by atoms with Crippen LogP contribution in [0.15, 0.2) is 48.5 Å². The Hall–Kier alpha value is -2.82. The van der Waals surface area contributed by atoms with Crippen molar-refractivity contribution in [1.29, 1.82) is 0 Å². The molecule has 5 nitrogen and oxygen atoms in total. The lowest BCUT2D eigenvalue weighted by molar-refractivity contribution is 0.0846. The van der Waals surface area contributed by atoms with Crippen molar-refractivity contribution >= 4 is 11.8 Å². The molecule has 0 aliphatic heterocycles. The number of ether oxygens (including phenoxy) is 1. The van der Waals surface area contributed by atoms with Gasteiger partial charge in [-0.25, -0.2) is 0 Å². The molecule has 5 heteroatoms. The molecule has 2 N–H and O–H groups in total. The SMILES string of the molecule is Cc1ccccc1C(=O)NNC(=O)c1cccc(OCC(C)C)c1. The molecule has 24 heavy (non-hydrogen) atoms. The molecule has 2 rings (SSSR count). The summed E-state index contributed by atoms with van der Waals surface area (Å²) in [6.07, 6.45) is 0. The van der Waals surface area contributed by atoms with E-state index in [4.69, 9.17) is 4.74 Å². The first-order valence-electron chi connectivity index (χ1n) is 7.86. The Balaban J connectivity index is 1.96. The Morgan fingerprint density at radius 3 is 2.42 bits per heavy atom. The highest BCUT2D eigenvalue weighted by Gasteiger charge is 2.11. The van der Waals surface area contributed by atoms with Gasteiger partial charge in [0.2, 0.25) is 0 Å². The number of hydrogen-bond donors (Lipinski definition) is 2. The van der Waals surface area contributed by atoms with Crippen LogP contribution in [0.1, 0.15) is 40.1 Å². The quantitative estimate of drug-likeness (QED) is 0.830. The number of amides is 2. The van der Waals surface area contributed by atoms with E-state index in [9.17, 15) is 9.59 Å². The number of benzene rings is 2. The maximum atomic E-state index is 12.2. The zero-order valence-electron chi connectivity index (χ0n) is 14.1. The van der Waals surface area contributed by atoms with Crippen LogP contribution in [0.4, 0.5) is 0 Å². The summed E-state index contributed by atoms with van der Waals surface area (Å²) in [7, 11) is 0. The molecule has 0 spiro atoms. The number of aryl methyl sites for hydroxylation is 1. The zero-order valence-corrected chi connectivity index (χ0v) is 14.1. The Bertz CT molecular complexity index is 726. The third-order valence-electron chi connectivity index (χ3n) is 3.36. The Labute approximate surface area is 142 Å². The molecule has 126 valence electrons. The average Bonchev–Trinajstić information content (AvgIpc) is 2.58. The molecule has 0 heterocycles. The fraction of sp³-hybridized carbons (Fsp3) is 0.263. The lowest BCUT2D eigenvalue weighted by atomic mass is 10.1. The maximum Gasteiger partial charge on any atom is 0.269 e. The highest BCUT2D eigenvalue weighted by atomic mass is 16.5. The first kappa shape index (κ1) is 17.5. The summed E-state index contributed by atoms with van der Waals surface area (Å²) in [4.78, 5) is 24.3. The maximum absolute atomic E-state index is 12.2. The summed E-state index contributed by atoms with van der Waals surface area (Å²) in [6, 6.07) is 14.0. The lowest BCUT2D eigenvalue weighted by Gasteiger charge is -2.11. The third-order valence-corrected chi connectivity index (χ3v) is 3.36. The van der Waals surface area contributed by atoms with Crippen molar-refractivity contribution in [3.8, 4) is 5.75 Å². The van der Waals surface area contributed by atoms with Crippen molar-refractivity contribution in [3.05, 3.63) is 65.2 Å². The molecule has 0 fully saturated rings. The fourth-order valence-electron chi connectivity index (χ4n) is 2.07. The first-order chi connectivity index (χ1) is 11.5. The second-order valence-corrected chi connectivity index (χ2v) is 5.96. The van der Waals surface area contributed by atoms with Crippen molar-refractivity contribution < 1.29 is 14.3 Å². The van der Waals surface area contributed by atoms with Gasteiger partial charge in [0, 0.05) is 11.1 Å². The number of carbonyl (C=O) groups excluding carboxylic acids is 2. The van der Waals surface area contributed by atoms with E-state index in [1.54, 1.807) is 36.4 Å². The lowest BCUT2D eigenvalue weighted by Crippen LogP contribution is -2.41. The topological polar surface area (TPSA) is 67.4 Å². The van der Waals surface area contributed by atoms with Crippen LogP contribution in [0.25, 0.3) is 0 Å². The van der Waals surface area contributed by atoms with Gasteiger partial charge in [-0.15, -0.1) is 0 Å². The predicted octanol–water partition coefficient (Wildman–Crippen LogP) is 3.10. The number of hydrogen-bond acceptors (Lipinski definition) is 3. The predicted molar refractivity (Wildman–Crippen MR) is 92.9 cm³/mol. The molecule has 0 unspecified atom stereocenters. The Kier molecular flexibility index (Phi) is 5.95. The van der Waals surface area contributed by atoms with Crippen LogP contribution in [-0.4, -0.2) is 18.4 Å². The van der Waals surface area contributed by atoms with Gasteiger partial charge in [-0.2, -0.15) is 0 Å². The van der Waals surface area contributed by atoms with Crippen LogP contribution in [0.5, 0.6) is 5.75 Å². The zero-order chi connectivity index (χ0) is 17.5. The van der Waals surface area contributed by atoms with Crippen LogP contribution in [0.2, 0.25) is 0 Å². The molecule has 0 atom stereocenters. The molecule has 0 aliphatic carbocycles. The molecule has 2 amide bonds. The minimum absolute atomic E-state index is 0.353. The van der Waals surface area contributed by atoms with Gasteiger partial charge in [0.1, 0.15) is 5.75 Å². The molecule has 0 radical (unpaired) electrons. The molecule has 2 aromatic carbocycles. The van der Waals surface area contributed by atoms with Crippen molar-refractivity contribution in [2.45, 2.75) is 20.8 Å². The molecule has 0 saturated carbocycles. The Morgan fingerprint density at radius 2 is 1.71 bits per heavy atom. The highest BCUT2D eigenvalue weighted by molar-refractivity contribution is 5.99. The minimum Gasteiger partial charge on any atom is -0.493 e. The van der Waals surface area contributed by atoms with Crippen molar-refractivity contribution in [2.24, 2.45) is 5.92 Å². The van der Waals surface area contributed by atoms with Crippen molar-refractivity contribution in [3.63, 3.8) is 0 Å². The number of nitrogens with one attached hydrogen (secondary N) is 2. The highest BCUT2D eigenvalue weighted by Crippen LogP contribution is 2.14. The summed E-state index contributed by atoms with van der Waals surface area (Å²) in [5, 5.41) is 0. The second kappa shape index (κ2) is 8.15. The number of hydrazine groups is 1. The van der Waals surface area contributed by atoms with Crippen LogP contribution >= 0.6 is 0 Å². The standard InChI is InChI=1S/C19H22N2O3/c1-13(2)12-24-16-9-6-8-15(11-16)18(22)20-21-19(23)17-10-5-4-7-14(17)3/h4-11,13H,12H2,1-3H3,(H,20,22)(H,21,23). The average molecular weight is 326 g/mol. The molecular formula is C19H22N2O3. The van der Waals surface area contributed by atoms with E-state index in [1.165, 1.54) is 0 Å². The van der Waals surface area contributed by atoms with Gasteiger partial charge in [0.25, 0.3) is 11.8 Å². The van der Waals surface area contributed by atoms with E-state index in [2.05, 4.69) is 24.7 Å². The van der Waals surface area contributed by atoms with Crippen LogP contribution < -0.4 is 15.6 Å². The van der Waals surface area contributed by atoms with E-state index in [0.717, 1.165) is 5.56 Å². The van der Waals surface area contributed by atoms with Gasteiger partial charge in [0.05, 0.1) is 6.61 Å². The number of rotatable bonds is 5. The normalized spacial score (nSPS) is 10.3. The Morgan fingerprint density at radius 1 is 1.00 bits per heavy atom. The van der Waals surface area contributed by atoms with Crippen molar-refractivity contribution in [1.82, 2.24) is 10.9 Å². The third kappa shape index (κ3) is 4.84. The smallest absolute Gasteiger partial charge is 0.269 e. The van der Waals surface area contributed by atoms with Crippen LogP contribution in [0.3, 0.4) is 0 Å². The van der Waals surface area contributed by atoms with Gasteiger partial charge >= 0.3 is 0 Å². The van der Waals surface area contributed by atoms with E-state index >= 15 is 0 Å². The summed E-state index contributed by atoms with van der Waals surface area (Å²) < 4.78 is 5.60. The largest absolute Gasteiger partial charge is 0.493 e. The van der Waals surface area contributed by atoms with Gasteiger partial charge in [-0.05, 0) is 42.7 Å². The molecule has 0 bridgehead atoms. The van der Waals surface area contributed by atoms with Gasteiger partial charge in [-0.1, -0.05) is 38.1 Å². The second-order valence-electron chi connectivity index (χ2n) is 5.96. The monoisotopic (exact) mass is 326 g/mol. The van der Waals surface area contributed by atoms with Gasteiger partial charge < -0.3 is 4.74 Å². The molecule has 0 aliphatic rings. The molecule has 0 saturated heterocycles. The summed E-state index contributed by atoms with van der Waals surface area (Å²) >= 11 is 0. The van der Waals surface area contributed by atoms with E-state index < -0.39 is 5.91 Å². The summed E-state index contributed by atoms with van der Waals surface area (Å²) in [5.74, 6) is 0.276. The molecular weight excluding hydrogens is 304 g/mol. The number of carbonyl (C=O) groups is 2. The van der Waals surface area contributed by atoms with E-state index in [1.807, 2.05) is 19.1 Å². The van der Waals surface area contributed by atoms with Crippen LogP contribution in [-0.2, 0) is 0 Å².